The molecule has 2 aromatic heterocycles. The topological polar surface area (TPSA) is 106 Å². The van der Waals surface area contributed by atoms with Crippen molar-refractivity contribution in [2.45, 2.75) is 24.2 Å². The van der Waals surface area contributed by atoms with Crippen LogP contribution in [0, 0.1) is 11.3 Å². The number of nitrogens with zero attached hydrogens (tertiary/aromatic N) is 2. The van der Waals surface area contributed by atoms with Crippen LogP contribution in [-0.2, 0) is 20.5 Å². The van der Waals surface area contributed by atoms with Crippen LogP contribution in [0.2, 0.25) is 0 Å². The number of carbonyl (C=O) groups is 2. The summed E-state index contributed by atoms with van der Waals surface area (Å²) in [4.78, 5) is 27.2. The Morgan fingerprint density at radius 2 is 2.19 bits per heavy atom. The predicted molar refractivity (Wildman–Crippen MR) is 92.7 cm³/mol. The molecule has 2 heterocycles. The number of nitriles is 1. The fourth-order valence-corrected chi connectivity index (χ4v) is 3.40. The zero-order valence-corrected chi connectivity index (χ0v) is 15.4. The Bertz CT molecular complexity index is 893. The Kier molecular flexibility index (Phi) is 6.45. The van der Waals surface area contributed by atoms with Crippen LogP contribution in [0.3, 0.4) is 0 Å². The van der Waals surface area contributed by atoms with E-state index >= 15 is 0 Å². The Labute approximate surface area is 160 Å². The molecule has 0 aliphatic heterocycles. The van der Waals surface area contributed by atoms with E-state index in [4.69, 9.17) is 10.5 Å². The molecule has 142 valence electrons. The minimum Gasteiger partial charge on any atom is -0.452 e. The maximum Gasteiger partial charge on any atom is 0.417 e. The SMILES string of the molecule is C[C@@H](OC(=O)CSc1nc(-c2cccs2)cc(C(F)(F)F)c1C#N)C(N)=O. The number of amides is 1. The van der Waals surface area contributed by atoms with E-state index in [1.54, 1.807) is 17.5 Å². The first-order valence-corrected chi connectivity index (χ1v) is 9.17. The zero-order chi connectivity index (χ0) is 20.2. The van der Waals surface area contributed by atoms with Gasteiger partial charge in [0, 0.05) is 0 Å². The van der Waals surface area contributed by atoms with E-state index in [1.165, 1.54) is 24.3 Å². The second kappa shape index (κ2) is 8.41. The van der Waals surface area contributed by atoms with Crippen LogP contribution in [0.4, 0.5) is 13.2 Å². The van der Waals surface area contributed by atoms with Crippen molar-refractivity contribution in [2.75, 3.05) is 5.75 Å². The summed E-state index contributed by atoms with van der Waals surface area (Å²) in [7, 11) is 0. The highest BCUT2D eigenvalue weighted by Crippen LogP contribution is 2.38. The van der Waals surface area contributed by atoms with E-state index in [2.05, 4.69) is 4.98 Å². The van der Waals surface area contributed by atoms with Crippen molar-refractivity contribution >= 4 is 35.0 Å². The standard InChI is InChI=1S/C16H12F3N3O3S2/c1-8(14(21)24)25-13(23)7-27-15-9(6-20)10(16(17,18)19)5-11(22-15)12-3-2-4-26-12/h2-5,8H,7H2,1H3,(H2,21,24)/t8-/m1/s1. The van der Waals surface area contributed by atoms with Gasteiger partial charge in [0.2, 0.25) is 0 Å². The molecule has 0 bridgehead atoms. The Morgan fingerprint density at radius 3 is 2.70 bits per heavy atom. The van der Waals surface area contributed by atoms with Gasteiger partial charge in [-0.25, -0.2) is 4.98 Å². The van der Waals surface area contributed by atoms with Crippen LogP contribution in [0.15, 0.2) is 28.6 Å². The van der Waals surface area contributed by atoms with E-state index in [-0.39, 0.29) is 10.7 Å². The number of hydrogen-bond acceptors (Lipinski definition) is 7. The molecule has 0 aliphatic rings. The van der Waals surface area contributed by atoms with Crippen LogP contribution < -0.4 is 5.73 Å². The van der Waals surface area contributed by atoms with E-state index in [9.17, 15) is 28.0 Å². The number of alkyl halides is 3. The van der Waals surface area contributed by atoms with Gasteiger partial charge in [-0.1, -0.05) is 17.8 Å². The number of carbonyl (C=O) groups excluding carboxylic acids is 2. The fourth-order valence-electron chi connectivity index (χ4n) is 1.92. The lowest BCUT2D eigenvalue weighted by Gasteiger charge is -2.14. The molecule has 2 N–H and O–H groups in total. The number of hydrogen-bond donors (Lipinski definition) is 1. The van der Waals surface area contributed by atoms with Gasteiger partial charge in [-0.2, -0.15) is 18.4 Å². The molecule has 1 amide bonds. The first-order valence-electron chi connectivity index (χ1n) is 7.31. The smallest absolute Gasteiger partial charge is 0.417 e. The lowest BCUT2D eigenvalue weighted by molar-refractivity contribution is -0.151. The van der Waals surface area contributed by atoms with Crippen LogP contribution >= 0.6 is 23.1 Å². The second-order valence-electron chi connectivity index (χ2n) is 5.15. The van der Waals surface area contributed by atoms with Crippen molar-refractivity contribution < 1.29 is 27.5 Å². The molecule has 0 saturated carbocycles. The van der Waals surface area contributed by atoms with Gasteiger partial charge in [-0.15, -0.1) is 11.3 Å². The second-order valence-corrected chi connectivity index (χ2v) is 7.06. The highest BCUT2D eigenvalue weighted by Gasteiger charge is 2.36. The Hall–Kier alpha value is -2.58. The van der Waals surface area contributed by atoms with Crippen molar-refractivity contribution in [1.29, 1.82) is 5.26 Å². The van der Waals surface area contributed by atoms with Gasteiger partial charge >= 0.3 is 12.1 Å². The normalized spacial score (nSPS) is 12.3. The quantitative estimate of drug-likeness (QED) is 0.574. The molecular formula is C16H12F3N3O3S2. The molecule has 0 saturated heterocycles. The van der Waals surface area contributed by atoms with Crippen molar-refractivity contribution in [1.82, 2.24) is 4.98 Å². The monoisotopic (exact) mass is 415 g/mol. The number of halogens is 3. The van der Waals surface area contributed by atoms with Gasteiger partial charge in [-0.05, 0) is 24.4 Å². The molecule has 2 rings (SSSR count). The van der Waals surface area contributed by atoms with E-state index < -0.39 is 41.0 Å². The third kappa shape index (κ3) is 5.21. The third-order valence-corrected chi connectivity index (χ3v) is 5.05. The zero-order valence-electron chi connectivity index (χ0n) is 13.7. The van der Waals surface area contributed by atoms with E-state index in [0.29, 0.717) is 16.6 Å². The highest BCUT2D eigenvalue weighted by molar-refractivity contribution is 7.99. The number of esters is 1. The number of thiophene rings is 1. The Morgan fingerprint density at radius 1 is 1.48 bits per heavy atom. The van der Waals surface area contributed by atoms with Gasteiger partial charge in [0.25, 0.3) is 5.91 Å². The number of primary amides is 1. The molecule has 0 aliphatic carbocycles. The molecule has 6 nitrogen and oxygen atoms in total. The van der Waals surface area contributed by atoms with Gasteiger partial charge in [0.05, 0.1) is 27.5 Å². The maximum atomic E-state index is 13.4. The lowest BCUT2D eigenvalue weighted by atomic mass is 10.1. The van der Waals surface area contributed by atoms with Gasteiger partial charge in [0.1, 0.15) is 11.1 Å². The number of nitrogens with two attached hydrogens (primary N) is 1. The molecule has 0 fully saturated rings. The van der Waals surface area contributed by atoms with Crippen LogP contribution in [0.5, 0.6) is 0 Å². The molecule has 1 atom stereocenters. The van der Waals surface area contributed by atoms with E-state index in [0.717, 1.165) is 6.07 Å². The molecule has 0 aromatic carbocycles. The molecule has 0 radical (unpaired) electrons. The summed E-state index contributed by atoms with van der Waals surface area (Å²) < 4.78 is 44.8. The number of rotatable bonds is 6. The van der Waals surface area contributed by atoms with Crippen LogP contribution in [-0.4, -0.2) is 28.7 Å². The summed E-state index contributed by atoms with van der Waals surface area (Å²) in [5, 5.41) is 10.6. The predicted octanol–water partition coefficient (Wildman–Crippen LogP) is 3.21. The minimum absolute atomic E-state index is 0.0395. The Balaban J connectivity index is 2.36. The number of thioether (sulfide) groups is 1. The molecule has 0 unspecified atom stereocenters. The third-order valence-electron chi connectivity index (χ3n) is 3.21. The summed E-state index contributed by atoms with van der Waals surface area (Å²) >= 11 is 1.81. The largest absolute Gasteiger partial charge is 0.452 e. The molecule has 0 spiro atoms. The molecule has 27 heavy (non-hydrogen) atoms. The van der Waals surface area contributed by atoms with Gasteiger partial charge < -0.3 is 10.5 Å². The lowest BCUT2D eigenvalue weighted by Crippen LogP contribution is -2.31. The van der Waals surface area contributed by atoms with Gasteiger partial charge in [0.15, 0.2) is 6.10 Å². The van der Waals surface area contributed by atoms with Crippen molar-refractivity contribution in [3.63, 3.8) is 0 Å². The van der Waals surface area contributed by atoms with Crippen LogP contribution in [0.25, 0.3) is 10.6 Å². The summed E-state index contributed by atoms with van der Waals surface area (Å²) in [5.74, 6) is -2.17. The van der Waals surface area contributed by atoms with Crippen molar-refractivity contribution in [2.24, 2.45) is 5.73 Å². The highest BCUT2D eigenvalue weighted by atomic mass is 32.2. The van der Waals surface area contributed by atoms with Gasteiger partial charge in [-0.3, -0.25) is 9.59 Å². The first-order chi connectivity index (χ1) is 12.6. The maximum absolute atomic E-state index is 13.4. The average molecular weight is 415 g/mol. The summed E-state index contributed by atoms with van der Waals surface area (Å²) in [5.41, 5.74) is 3.20. The molecule has 2 aromatic rings. The summed E-state index contributed by atoms with van der Waals surface area (Å²) in [6.45, 7) is 1.27. The first kappa shape index (κ1) is 20.7. The number of aromatic nitrogens is 1. The number of ether oxygens (including phenoxy) is 1. The fraction of sp³-hybridized carbons (Fsp3) is 0.250. The summed E-state index contributed by atoms with van der Waals surface area (Å²) in [6.07, 6.45) is -5.94. The molecule has 11 heteroatoms. The van der Waals surface area contributed by atoms with E-state index in [1.807, 2.05) is 0 Å². The molecular weight excluding hydrogens is 403 g/mol. The van der Waals surface area contributed by atoms with Crippen molar-refractivity contribution in [3.8, 4) is 16.6 Å². The van der Waals surface area contributed by atoms with Crippen molar-refractivity contribution in [3.05, 3.63) is 34.7 Å². The van der Waals surface area contributed by atoms with Crippen LogP contribution in [0.1, 0.15) is 18.1 Å². The number of pyridine rings is 1. The average Bonchev–Trinajstić information content (AvgIpc) is 3.12. The summed E-state index contributed by atoms with van der Waals surface area (Å²) in [6, 6.07) is 5.56. The minimum atomic E-state index is -4.77.